The number of piperazine rings is 1. The molecule has 1 heterocycles. The second kappa shape index (κ2) is 11.9. The third-order valence-corrected chi connectivity index (χ3v) is 4.77. The Morgan fingerprint density at radius 3 is 2.38 bits per heavy atom. The second-order valence-electron chi connectivity index (χ2n) is 6.59. The van der Waals surface area contributed by atoms with Gasteiger partial charge in [0.1, 0.15) is 0 Å². The second-order valence-corrected chi connectivity index (χ2v) is 6.59. The number of nitrogens with zero attached hydrogens (tertiary/aromatic N) is 3. The lowest BCUT2D eigenvalue weighted by molar-refractivity contribution is 0.131. The Bertz CT molecular complexity index is 541. The van der Waals surface area contributed by atoms with E-state index in [9.17, 15) is 0 Å². The number of guanidine groups is 1. The summed E-state index contributed by atoms with van der Waals surface area (Å²) in [6, 6.07) is 8.67. The van der Waals surface area contributed by atoms with Crippen LogP contribution >= 0.6 is 0 Å². The highest BCUT2D eigenvalue weighted by Crippen LogP contribution is 2.14. The molecule has 1 aromatic carbocycles. The molecule has 2 N–H and O–H groups in total. The van der Waals surface area contributed by atoms with Crippen LogP contribution in [0.4, 0.5) is 0 Å². The number of ether oxygens (including phenoxy) is 1. The van der Waals surface area contributed by atoms with Crippen LogP contribution in [0, 0.1) is 0 Å². The number of nitrogens with one attached hydrogen (secondary N) is 2. The van der Waals surface area contributed by atoms with E-state index < -0.39 is 0 Å². The molecule has 6 heteroatoms. The molecule has 1 aliphatic rings. The highest BCUT2D eigenvalue weighted by Gasteiger charge is 2.16. The Kier molecular flexibility index (Phi) is 9.45. The van der Waals surface area contributed by atoms with Crippen LogP contribution < -0.4 is 10.6 Å². The molecule has 0 unspecified atom stereocenters. The number of rotatable bonds is 9. The van der Waals surface area contributed by atoms with E-state index in [0.717, 1.165) is 45.2 Å². The number of hydrogen-bond donors (Lipinski definition) is 2. The molecule has 0 atom stereocenters. The molecule has 0 amide bonds. The van der Waals surface area contributed by atoms with Crippen molar-refractivity contribution in [3.8, 4) is 0 Å². The van der Waals surface area contributed by atoms with E-state index in [1.165, 1.54) is 24.2 Å². The summed E-state index contributed by atoms with van der Waals surface area (Å²) in [5.41, 5.74) is 2.68. The largest absolute Gasteiger partial charge is 0.383 e. The number of aliphatic imine (C=N–C) groups is 1. The molecule has 0 radical (unpaired) electrons. The summed E-state index contributed by atoms with van der Waals surface area (Å²) < 4.78 is 5.10. The van der Waals surface area contributed by atoms with Crippen molar-refractivity contribution in [2.24, 2.45) is 4.99 Å². The lowest BCUT2D eigenvalue weighted by atomic mass is 10.1. The predicted molar refractivity (Wildman–Crippen MR) is 109 cm³/mol. The van der Waals surface area contributed by atoms with Gasteiger partial charge in [-0.3, -0.25) is 4.90 Å². The molecule has 2 rings (SSSR count). The maximum absolute atomic E-state index is 5.10. The first-order valence-corrected chi connectivity index (χ1v) is 9.79. The van der Waals surface area contributed by atoms with Crippen LogP contribution in [-0.2, 0) is 17.8 Å². The van der Waals surface area contributed by atoms with Crippen LogP contribution in [0.3, 0.4) is 0 Å². The molecule has 1 fully saturated rings. The summed E-state index contributed by atoms with van der Waals surface area (Å²) in [6.07, 6.45) is 0. The maximum Gasteiger partial charge on any atom is 0.191 e. The van der Waals surface area contributed by atoms with Gasteiger partial charge in [0.25, 0.3) is 0 Å². The van der Waals surface area contributed by atoms with Crippen molar-refractivity contribution in [2.75, 3.05) is 59.5 Å². The molecule has 6 nitrogen and oxygen atoms in total. The fraction of sp³-hybridized carbons (Fsp3) is 0.650. The van der Waals surface area contributed by atoms with Gasteiger partial charge < -0.3 is 20.3 Å². The first-order chi connectivity index (χ1) is 12.8. The molecule has 0 saturated carbocycles. The van der Waals surface area contributed by atoms with Gasteiger partial charge in [-0.25, -0.2) is 4.99 Å². The SMILES string of the molecule is CCNC(=NCc1ccccc1CN1CCN(CC)CC1)NCCOC. The maximum atomic E-state index is 5.10. The normalized spacial score (nSPS) is 16.7. The topological polar surface area (TPSA) is 52.1 Å². The predicted octanol–water partition coefficient (Wildman–Crippen LogP) is 1.53. The van der Waals surface area contributed by atoms with E-state index in [0.29, 0.717) is 13.2 Å². The van der Waals surface area contributed by atoms with Crippen molar-refractivity contribution in [1.29, 1.82) is 0 Å². The molecule has 1 aliphatic heterocycles. The van der Waals surface area contributed by atoms with Crippen LogP contribution in [0.1, 0.15) is 25.0 Å². The summed E-state index contributed by atoms with van der Waals surface area (Å²) >= 11 is 0. The van der Waals surface area contributed by atoms with Gasteiger partial charge in [-0.05, 0) is 24.6 Å². The van der Waals surface area contributed by atoms with E-state index in [4.69, 9.17) is 9.73 Å². The van der Waals surface area contributed by atoms with Gasteiger partial charge in [-0.15, -0.1) is 0 Å². The molecule has 1 aromatic rings. The number of likely N-dealkylation sites (N-methyl/N-ethyl adjacent to an activating group) is 1. The number of benzene rings is 1. The van der Waals surface area contributed by atoms with Gasteiger partial charge >= 0.3 is 0 Å². The highest BCUT2D eigenvalue weighted by molar-refractivity contribution is 5.79. The zero-order valence-electron chi connectivity index (χ0n) is 16.6. The third-order valence-electron chi connectivity index (χ3n) is 4.77. The van der Waals surface area contributed by atoms with E-state index >= 15 is 0 Å². The Balaban J connectivity index is 1.95. The third kappa shape index (κ3) is 6.94. The lowest BCUT2D eigenvalue weighted by Crippen LogP contribution is -2.45. The van der Waals surface area contributed by atoms with Crippen LogP contribution in [0.25, 0.3) is 0 Å². The molecule has 26 heavy (non-hydrogen) atoms. The first kappa shape index (κ1) is 20.7. The Morgan fingerprint density at radius 2 is 1.73 bits per heavy atom. The Hall–Kier alpha value is -1.63. The van der Waals surface area contributed by atoms with Crippen LogP contribution in [0.2, 0.25) is 0 Å². The van der Waals surface area contributed by atoms with Crippen molar-refractivity contribution in [3.63, 3.8) is 0 Å². The van der Waals surface area contributed by atoms with Crippen LogP contribution in [0.15, 0.2) is 29.3 Å². The zero-order chi connectivity index (χ0) is 18.6. The fourth-order valence-corrected chi connectivity index (χ4v) is 3.15. The summed E-state index contributed by atoms with van der Waals surface area (Å²) in [6.45, 7) is 14.1. The molecule has 1 saturated heterocycles. The molecule has 0 aliphatic carbocycles. The average Bonchev–Trinajstić information content (AvgIpc) is 2.68. The average molecular weight is 362 g/mol. The lowest BCUT2D eigenvalue weighted by Gasteiger charge is -2.34. The molecular formula is C20H35N5O. The van der Waals surface area contributed by atoms with E-state index in [2.05, 4.69) is 58.5 Å². The van der Waals surface area contributed by atoms with Crippen molar-refractivity contribution < 1.29 is 4.74 Å². The zero-order valence-corrected chi connectivity index (χ0v) is 16.6. The smallest absolute Gasteiger partial charge is 0.191 e. The molecule has 0 spiro atoms. The van der Waals surface area contributed by atoms with E-state index in [1.54, 1.807) is 7.11 Å². The summed E-state index contributed by atoms with van der Waals surface area (Å²) in [5.74, 6) is 0.843. The van der Waals surface area contributed by atoms with Gasteiger partial charge in [0.2, 0.25) is 0 Å². The Labute approximate surface area is 158 Å². The highest BCUT2D eigenvalue weighted by atomic mass is 16.5. The minimum Gasteiger partial charge on any atom is -0.383 e. The van der Waals surface area contributed by atoms with Crippen LogP contribution in [0.5, 0.6) is 0 Å². The molecule has 146 valence electrons. The van der Waals surface area contributed by atoms with Crippen LogP contribution in [-0.4, -0.2) is 75.3 Å². The van der Waals surface area contributed by atoms with Crippen molar-refractivity contribution in [2.45, 2.75) is 26.9 Å². The summed E-state index contributed by atoms with van der Waals surface area (Å²) in [5, 5.41) is 6.59. The standard InChI is InChI=1S/C20H35N5O/c1-4-21-20(22-10-15-26-3)23-16-18-8-6-7-9-19(18)17-25-13-11-24(5-2)12-14-25/h6-9H,4-5,10-17H2,1-3H3,(H2,21,22,23). The van der Waals surface area contributed by atoms with Gasteiger partial charge in [0.15, 0.2) is 5.96 Å². The number of methoxy groups -OCH3 is 1. The minimum atomic E-state index is 0.671. The van der Waals surface area contributed by atoms with Gasteiger partial charge in [-0.2, -0.15) is 0 Å². The van der Waals surface area contributed by atoms with Gasteiger partial charge in [0.05, 0.1) is 13.2 Å². The van der Waals surface area contributed by atoms with Gasteiger partial charge in [-0.1, -0.05) is 31.2 Å². The van der Waals surface area contributed by atoms with Crippen molar-refractivity contribution in [1.82, 2.24) is 20.4 Å². The summed E-state index contributed by atoms with van der Waals surface area (Å²) in [7, 11) is 1.71. The molecule has 0 aromatic heterocycles. The van der Waals surface area contributed by atoms with Crippen molar-refractivity contribution >= 4 is 5.96 Å². The Morgan fingerprint density at radius 1 is 1.04 bits per heavy atom. The number of hydrogen-bond acceptors (Lipinski definition) is 4. The van der Waals surface area contributed by atoms with E-state index in [1.807, 2.05) is 0 Å². The molecular weight excluding hydrogens is 326 g/mol. The first-order valence-electron chi connectivity index (χ1n) is 9.79. The molecule has 0 bridgehead atoms. The fourth-order valence-electron chi connectivity index (χ4n) is 3.15. The summed E-state index contributed by atoms with van der Waals surface area (Å²) in [4.78, 5) is 9.81. The quantitative estimate of drug-likeness (QED) is 0.397. The minimum absolute atomic E-state index is 0.671. The monoisotopic (exact) mass is 361 g/mol. The van der Waals surface area contributed by atoms with Gasteiger partial charge in [0, 0.05) is 52.9 Å². The van der Waals surface area contributed by atoms with Crippen molar-refractivity contribution in [3.05, 3.63) is 35.4 Å². The van der Waals surface area contributed by atoms with E-state index in [-0.39, 0.29) is 0 Å².